The quantitative estimate of drug-likeness (QED) is 0.789. The van der Waals surface area contributed by atoms with E-state index in [-0.39, 0.29) is 6.42 Å². The predicted molar refractivity (Wildman–Crippen MR) is 51.5 cm³/mol. The molecule has 0 unspecified atom stereocenters. The molecule has 0 spiro atoms. The Labute approximate surface area is 82.5 Å². The highest BCUT2D eigenvalue weighted by molar-refractivity contribution is 5.67. The van der Waals surface area contributed by atoms with Crippen molar-refractivity contribution >= 4 is 5.97 Å². The maximum absolute atomic E-state index is 10.4. The van der Waals surface area contributed by atoms with Gasteiger partial charge in [0.25, 0.3) is 0 Å². The van der Waals surface area contributed by atoms with Crippen LogP contribution in [-0.4, -0.2) is 23.2 Å². The van der Waals surface area contributed by atoms with Crippen molar-refractivity contribution in [3.63, 3.8) is 0 Å². The topological polar surface area (TPSA) is 59.4 Å². The van der Waals surface area contributed by atoms with E-state index < -0.39 is 5.97 Å². The van der Waals surface area contributed by atoms with E-state index in [0.717, 1.165) is 17.0 Å². The molecule has 0 atom stereocenters. The van der Waals surface area contributed by atoms with Crippen LogP contribution in [0.4, 0.5) is 0 Å². The van der Waals surface area contributed by atoms with E-state index in [1.54, 1.807) is 19.4 Å². The summed E-state index contributed by atoms with van der Waals surface area (Å²) in [7, 11) is 1.59. The van der Waals surface area contributed by atoms with Gasteiger partial charge < -0.3 is 9.84 Å². The number of carbonyl (C=O) groups is 1. The second-order valence-electron chi connectivity index (χ2n) is 2.98. The molecule has 0 bridgehead atoms. The van der Waals surface area contributed by atoms with Gasteiger partial charge in [-0.3, -0.25) is 9.78 Å². The minimum Gasteiger partial charge on any atom is -0.496 e. The van der Waals surface area contributed by atoms with Crippen LogP contribution >= 0.6 is 0 Å². The predicted octanol–water partition coefficient (Wildman–Crippen LogP) is 1.42. The van der Waals surface area contributed by atoms with E-state index in [1.807, 2.05) is 6.92 Å². The van der Waals surface area contributed by atoms with Crippen molar-refractivity contribution in [3.05, 3.63) is 23.5 Å². The molecule has 76 valence electrons. The Morgan fingerprint density at radius 3 is 2.93 bits per heavy atom. The van der Waals surface area contributed by atoms with Crippen LogP contribution in [-0.2, 0) is 11.2 Å². The van der Waals surface area contributed by atoms with Gasteiger partial charge in [-0.2, -0.15) is 0 Å². The van der Waals surface area contributed by atoms with Crippen LogP contribution in [0.5, 0.6) is 5.75 Å². The summed E-state index contributed by atoms with van der Waals surface area (Å²) < 4.78 is 5.11. The van der Waals surface area contributed by atoms with Gasteiger partial charge in [0.2, 0.25) is 0 Å². The summed E-state index contributed by atoms with van der Waals surface area (Å²) >= 11 is 0. The smallest absolute Gasteiger partial charge is 0.303 e. The number of pyridine rings is 1. The zero-order chi connectivity index (χ0) is 10.6. The number of hydrogen-bond donors (Lipinski definition) is 1. The number of nitrogens with zero attached hydrogens (tertiary/aromatic N) is 1. The first-order chi connectivity index (χ1) is 6.65. The van der Waals surface area contributed by atoms with Crippen LogP contribution in [0.2, 0.25) is 0 Å². The molecule has 4 heteroatoms. The highest BCUT2D eigenvalue weighted by atomic mass is 16.5. The molecule has 0 amide bonds. The molecule has 0 aliphatic rings. The Morgan fingerprint density at radius 1 is 1.64 bits per heavy atom. The van der Waals surface area contributed by atoms with Gasteiger partial charge in [0.05, 0.1) is 13.5 Å². The van der Waals surface area contributed by atoms with Crippen molar-refractivity contribution in [2.75, 3.05) is 7.11 Å². The summed E-state index contributed by atoms with van der Waals surface area (Å²) in [6.07, 6.45) is 2.17. The van der Waals surface area contributed by atoms with E-state index in [9.17, 15) is 4.79 Å². The van der Waals surface area contributed by atoms with Crippen LogP contribution in [0, 0.1) is 6.92 Å². The summed E-state index contributed by atoms with van der Waals surface area (Å²) in [6.45, 7) is 1.88. The normalized spacial score (nSPS) is 9.86. The van der Waals surface area contributed by atoms with Crippen molar-refractivity contribution < 1.29 is 14.6 Å². The maximum atomic E-state index is 10.4. The van der Waals surface area contributed by atoms with Gasteiger partial charge in [-0.15, -0.1) is 0 Å². The van der Waals surface area contributed by atoms with Crippen molar-refractivity contribution in [1.82, 2.24) is 4.98 Å². The highest BCUT2D eigenvalue weighted by Crippen LogP contribution is 2.19. The van der Waals surface area contributed by atoms with E-state index in [2.05, 4.69) is 4.98 Å². The SMILES string of the molecule is COc1ccnc(CCC(=O)O)c1C. The number of aryl methyl sites for hydroxylation is 1. The fraction of sp³-hybridized carbons (Fsp3) is 0.400. The van der Waals surface area contributed by atoms with E-state index >= 15 is 0 Å². The molecule has 14 heavy (non-hydrogen) atoms. The van der Waals surface area contributed by atoms with E-state index in [4.69, 9.17) is 9.84 Å². The fourth-order valence-corrected chi connectivity index (χ4v) is 1.26. The largest absolute Gasteiger partial charge is 0.496 e. The maximum Gasteiger partial charge on any atom is 0.303 e. The summed E-state index contributed by atoms with van der Waals surface area (Å²) in [4.78, 5) is 14.5. The molecular weight excluding hydrogens is 182 g/mol. The average molecular weight is 195 g/mol. The van der Waals surface area contributed by atoms with Crippen molar-refractivity contribution in [1.29, 1.82) is 0 Å². The Bertz CT molecular complexity index is 336. The summed E-state index contributed by atoms with van der Waals surface area (Å²) in [5, 5.41) is 8.53. The molecule has 1 aromatic rings. The third kappa shape index (κ3) is 2.45. The lowest BCUT2D eigenvalue weighted by Gasteiger charge is -2.07. The Balaban J connectivity index is 2.81. The summed E-state index contributed by atoms with van der Waals surface area (Å²) in [5.41, 5.74) is 1.70. The first kappa shape index (κ1) is 10.5. The van der Waals surface area contributed by atoms with Gasteiger partial charge in [0, 0.05) is 23.9 Å². The number of aliphatic carboxylic acids is 1. The van der Waals surface area contributed by atoms with Crippen LogP contribution in [0.1, 0.15) is 17.7 Å². The summed E-state index contributed by atoms with van der Waals surface area (Å²) in [5.74, 6) is -0.0607. The number of rotatable bonds is 4. The molecule has 0 saturated carbocycles. The standard InChI is InChI=1S/C10H13NO3/c1-7-8(3-4-10(12)13)11-6-5-9(7)14-2/h5-6H,3-4H2,1-2H3,(H,12,13). The number of methoxy groups -OCH3 is 1. The number of hydrogen-bond acceptors (Lipinski definition) is 3. The third-order valence-electron chi connectivity index (χ3n) is 2.05. The minimum atomic E-state index is -0.811. The van der Waals surface area contributed by atoms with Crippen LogP contribution < -0.4 is 4.74 Å². The lowest BCUT2D eigenvalue weighted by Crippen LogP contribution is -2.02. The first-order valence-corrected chi connectivity index (χ1v) is 4.35. The van der Waals surface area contributed by atoms with Crippen LogP contribution in [0.3, 0.4) is 0 Å². The summed E-state index contributed by atoms with van der Waals surface area (Å²) in [6, 6.07) is 1.76. The van der Waals surface area contributed by atoms with Gasteiger partial charge in [-0.05, 0) is 13.0 Å². The molecule has 4 nitrogen and oxygen atoms in total. The van der Waals surface area contributed by atoms with E-state index in [0.29, 0.717) is 6.42 Å². The monoisotopic (exact) mass is 195 g/mol. The van der Waals surface area contributed by atoms with Crippen LogP contribution in [0.15, 0.2) is 12.3 Å². The molecule has 0 fully saturated rings. The van der Waals surface area contributed by atoms with Gasteiger partial charge in [-0.1, -0.05) is 0 Å². The molecule has 0 aromatic carbocycles. The lowest BCUT2D eigenvalue weighted by atomic mass is 10.1. The molecule has 0 aliphatic heterocycles. The van der Waals surface area contributed by atoms with Gasteiger partial charge in [0.15, 0.2) is 0 Å². The fourth-order valence-electron chi connectivity index (χ4n) is 1.26. The minimum absolute atomic E-state index is 0.0982. The van der Waals surface area contributed by atoms with Gasteiger partial charge >= 0.3 is 5.97 Å². The Kier molecular flexibility index (Phi) is 3.45. The molecular formula is C10H13NO3. The number of aromatic nitrogens is 1. The van der Waals surface area contributed by atoms with Crippen molar-refractivity contribution in [2.45, 2.75) is 19.8 Å². The Morgan fingerprint density at radius 2 is 2.36 bits per heavy atom. The van der Waals surface area contributed by atoms with Crippen LogP contribution in [0.25, 0.3) is 0 Å². The number of carboxylic acid groups (broad SMARTS) is 1. The second-order valence-corrected chi connectivity index (χ2v) is 2.98. The third-order valence-corrected chi connectivity index (χ3v) is 2.05. The number of ether oxygens (including phenoxy) is 1. The molecule has 0 radical (unpaired) electrons. The molecule has 1 N–H and O–H groups in total. The lowest BCUT2D eigenvalue weighted by molar-refractivity contribution is -0.136. The zero-order valence-corrected chi connectivity index (χ0v) is 8.28. The number of carboxylic acids is 1. The molecule has 0 aliphatic carbocycles. The second kappa shape index (κ2) is 4.60. The average Bonchev–Trinajstić information content (AvgIpc) is 2.16. The molecule has 1 heterocycles. The van der Waals surface area contributed by atoms with Gasteiger partial charge in [-0.25, -0.2) is 0 Å². The Hall–Kier alpha value is -1.58. The van der Waals surface area contributed by atoms with Crippen molar-refractivity contribution in [3.8, 4) is 5.75 Å². The molecule has 1 rings (SSSR count). The van der Waals surface area contributed by atoms with E-state index in [1.165, 1.54) is 0 Å². The zero-order valence-electron chi connectivity index (χ0n) is 8.28. The van der Waals surface area contributed by atoms with Gasteiger partial charge in [0.1, 0.15) is 5.75 Å². The van der Waals surface area contributed by atoms with Crippen molar-refractivity contribution in [2.24, 2.45) is 0 Å². The molecule has 0 saturated heterocycles. The highest BCUT2D eigenvalue weighted by Gasteiger charge is 2.07. The molecule has 1 aromatic heterocycles. The first-order valence-electron chi connectivity index (χ1n) is 4.35.